The summed E-state index contributed by atoms with van der Waals surface area (Å²) >= 11 is 0. The number of fused-ring (bicyclic) bond motifs is 1. The Morgan fingerprint density at radius 3 is 2.90 bits per heavy atom. The Morgan fingerprint density at radius 1 is 1.35 bits per heavy atom. The van der Waals surface area contributed by atoms with Crippen molar-refractivity contribution in [3.05, 3.63) is 41.7 Å². The first-order chi connectivity index (χ1) is 9.74. The number of rotatable bonds is 3. The average molecular weight is 273 g/mol. The molecule has 0 saturated heterocycles. The van der Waals surface area contributed by atoms with E-state index in [1.807, 2.05) is 6.92 Å². The average Bonchev–Trinajstić information content (AvgIpc) is 3.01. The van der Waals surface area contributed by atoms with Gasteiger partial charge in [-0.05, 0) is 25.1 Å². The SMILES string of the molecule is CC(NC(=O)c1ccc2c(c1)OCCO2)c1cn[nH]c1. The van der Waals surface area contributed by atoms with Crippen LogP contribution in [0.5, 0.6) is 11.5 Å². The number of nitrogens with zero attached hydrogens (tertiary/aromatic N) is 1. The van der Waals surface area contributed by atoms with Gasteiger partial charge in [-0.15, -0.1) is 0 Å². The van der Waals surface area contributed by atoms with Crippen LogP contribution in [-0.2, 0) is 0 Å². The molecule has 104 valence electrons. The van der Waals surface area contributed by atoms with Gasteiger partial charge in [0, 0.05) is 17.3 Å². The Balaban J connectivity index is 1.74. The molecule has 1 aliphatic heterocycles. The van der Waals surface area contributed by atoms with E-state index in [1.165, 1.54) is 0 Å². The minimum atomic E-state index is -0.157. The molecule has 0 fully saturated rings. The third kappa shape index (κ3) is 2.45. The molecule has 2 heterocycles. The molecule has 2 aromatic rings. The quantitative estimate of drug-likeness (QED) is 0.892. The Morgan fingerprint density at radius 2 is 2.15 bits per heavy atom. The minimum absolute atomic E-state index is 0.116. The predicted molar refractivity (Wildman–Crippen MR) is 71.9 cm³/mol. The lowest BCUT2D eigenvalue weighted by Crippen LogP contribution is -2.26. The molecule has 1 atom stereocenters. The number of hydrogen-bond acceptors (Lipinski definition) is 4. The molecule has 0 aliphatic carbocycles. The van der Waals surface area contributed by atoms with E-state index in [1.54, 1.807) is 30.6 Å². The number of amides is 1. The topological polar surface area (TPSA) is 76.2 Å². The highest BCUT2D eigenvalue weighted by atomic mass is 16.6. The van der Waals surface area contributed by atoms with E-state index in [-0.39, 0.29) is 11.9 Å². The highest BCUT2D eigenvalue weighted by Crippen LogP contribution is 2.30. The summed E-state index contributed by atoms with van der Waals surface area (Å²) in [6.07, 6.45) is 3.45. The number of H-pyrrole nitrogens is 1. The van der Waals surface area contributed by atoms with Gasteiger partial charge in [-0.1, -0.05) is 0 Å². The van der Waals surface area contributed by atoms with Crippen LogP contribution in [0.1, 0.15) is 28.9 Å². The first-order valence-electron chi connectivity index (χ1n) is 6.43. The molecule has 3 rings (SSSR count). The van der Waals surface area contributed by atoms with E-state index in [0.29, 0.717) is 30.3 Å². The van der Waals surface area contributed by atoms with Crippen LogP contribution < -0.4 is 14.8 Å². The summed E-state index contributed by atoms with van der Waals surface area (Å²) in [5.74, 6) is 1.13. The number of hydrogen-bond donors (Lipinski definition) is 2. The summed E-state index contributed by atoms with van der Waals surface area (Å²) in [4.78, 5) is 12.2. The molecule has 6 heteroatoms. The first kappa shape index (κ1) is 12.5. The standard InChI is InChI=1S/C14H15N3O3/c1-9(11-7-15-16-8-11)17-14(18)10-2-3-12-13(6-10)20-5-4-19-12/h2-3,6-9H,4-5H2,1H3,(H,15,16)(H,17,18). The molecule has 1 unspecified atom stereocenters. The Bertz CT molecular complexity index is 610. The van der Waals surface area contributed by atoms with Crippen molar-refractivity contribution < 1.29 is 14.3 Å². The van der Waals surface area contributed by atoms with E-state index in [4.69, 9.17) is 9.47 Å². The van der Waals surface area contributed by atoms with Crippen LogP contribution in [0.2, 0.25) is 0 Å². The molecule has 0 radical (unpaired) electrons. The van der Waals surface area contributed by atoms with E-state index >= 15 is 0 Å². The van der Waals surface area contributed by atoms with Crippen LogP contribution in [0, 0.1) is 0 Å². The number of benzene rings is 1. The van der Waals surface area contributed by atoms with Gasteiger partial charge in [0.05, 0.1) is 12.2 Å². The van der Waals surface area contributed by atoms with E-state index in [2.05, 4.69) is 15.5 Å². The zero-order chi connectivity index (χ0) is 13.9. The Kier molecular flexibility index (Phi) is 3.28. The van der Waals surface area contributed by atoms with E-state index in [9.17, 15) is 4.79 Å². The first-order valence-corrected chi connectivity index (χ1v) is 6.43. The van der Waals surface area contributed by atoms with Crippen LogP contribution in [0.3, 0.4) is 0 Å². The zero-order valence-electron chi connectivity index (χ0n) is 11.1. The van der Waals surface area contributed by atoms with Crippen molar-refractivity contribution in [2.75, 3.05) is 13.2 Å². The minimum Gasteiger partial charge on any atom is -0.486 e. The lowest BCUT2D eigenvalue weighted by molar-refractivity contribution is 0.0938. The summed E-state index contributed by atoms with van der Waals surface area (Å²) in [6.45, 7) is 2.94. The van der Waals surface area contributed by atoms with Gasteiger partial charge in [-0.2, -0.15) is 5.10 Å². The molecule has 2 N–H and O–H groups in total. The van der Waals surface area contributed by atoms with Gasteiger partial charge in [0.1, 0.15) is 13.2 Å². The van der Waals surface area contributed by atoms with Gasteiger partial charge in [0.25, 0.3) is 5.91 Å². The van der Waals surface area contributed by atoms with E-state index < -0.39 is 0 Å². The maximum Gasteiger partial charge on any atom is 0.251 e. The maximum absolute atomic E-state index is 12.2. The van der Waals surface area contributed by atoms with Crippen molar-refractivity contribution in [3.63, 3.8) is 0 Å². The van der Waals surface area contributed by atoms with Gasteiger partial charge in [0.15, 0.2) is 11.5 Å². The molecule has 0 bridgehead atoms. The maximum atomic E-state index is 12.2. The second kappa shape index (κ2) is 5.24. The highest BCUT2D eigenvalue weighted by Gasteiger charge is 2.16. The number of aromatic amines is 1. The number of carbonyl (C=O) groups excluding carboxylic acids is 1. The fourth-order valence-electron chi connectivity index (χ4n) is 2.05. The molecule has 6 nitrogen and oxygen atoms in total. The molecular weight excluding hydrogens is 258 g/mol. The largest absolute Gasteiger partial charge is 0.486 e. The molecule has 1 aliphatic rings. The molecular formula is C14H15N3O3. The molecule has 0 saturated carbocycles. The van der Waals surface area contributed by atoms with E-state index in [0.717, 1.165) is 5.56 Å². The van der Waals surface area contributed by atoms with Crippen molar-refractivity contribution in [2.45, 2.75) is 13.0 Å². The Hall–Kier alpha value is -2.50. The van der Waals surface area contributed by atoms with Gasteiger partial charge < -0.3 is 14.8 Å². The summed E-state index contributed by atoms with van der Waals surface area (Å²) in [7, 11) is 0. The summed E-state index contributed by atoms with van der Waals surface area (Å²) in [6, 6.07) is 5.07. The Labute approximate surface area is 116 Å². The smallest absolute Gasteiger partial charge is 0.251 e. The lowest BCUT2D eigenvalue weighted by atomic mass is 10.1. The summed E-state index contributed by atoms with van der Waals surface area (Å²) in [5.41, 5.74) is 1.47. The highest BCUT2D eigenvalue weighted by molar-refractivity contribution is 5.95. The number of aromatic nitrogens is 2. The zero-order valence-corrected chi connectivity index (χ0v) is 11.1. The second-order valence-electron chi connectivity index (χ2n) is 4.59. The lowest BCUT2D eigenvalue weighted by Gasteiger charge is -2.19. The predicted octanol–water partition coefficient (Wildman–Crippen LogP) is 1.67. The van der Waals surface area contributed by atoms with Crippen molar-refractivity contribution in [2.24, 2.45) is 0 Å². The van der Waals surface area contributed by atoms with Crippen LogP contribution >= 0.6 is 0 Å². The normalized spacial score (nSPS) is 14.7. The molecule has 0 spiro atoms. The third-order valence-electron chi connectivity index (χ3n) is 3.17. The summed E-state index contributed by atoms with van der Waals surface area (Å²) in [5, 5.41) is 9.50. The summed E-state index contributed by atoms with van der Waals surface area (Å²) < 4.78 is 10.9. The third-order valence-corrected chi connectivity index (χ3v) is 3.17. The molecule has 1 aromatic carbocycles. The van der Waals surface area contributed by atoms with Gasteiger partial charge >= 0.3 is 0 Å². The van der Waals surface area contributed by atoms with Gasteiger partial charge in [-0.25, -0.2) is 0 Å². The van der Waals surface area contributed by atoms with Crippen LogP contribution in [0.15, 0.2) is 30.6 Å². The molecule has 1 amide bonds. The number of carbonyl (C=O) groups is 1. The van der Waals surface area contributed by atoms with Crippen molar-refractivity contribution in [3.8, 4) is 11.5 Å². The molecule has 1 aromatic heterocycles. The van der Waals surface area contributed by atoms with Gasteiger partial charge in [-0.3, -0.25) is 9.89 Å². The van der Waals surface area contributed by atoms with Crippen molar-refractivity contribution >= 4 is 5.91 Å². The monoisotopic (exact) mass is 273 g/mol. The second-order valence-corrected chi connectivity index (χ2v) is 4.59. The number of nitrogens with one attached hydrogen (secondary N) is 2. The number of ether oxygens (including phenoxy) is 2. The van der Waals surface area contributed by atoms with Crippen LogP contribution in [0.25, 0.3) is 0 Å². The fraction of sp³-hybridized carbons (Fsp3) is 0.286. The van der Waals surface area contributed by atoms with Crippen LogP contribution in [-0.4, -0.2) is 29.3 Å². The van der Waals surface area contributed by atoms with Crippen molar-refractivity contribution in [1.29, 1.82) is 0 Å². The van der Waals surface area contributed by atoms with Crippen molar-refractivity contribution in [1.82, 2.24) is 15.5 Å². The molecule has 20 heavy (non-hydrogen) atoms. The fourth-order valence-corrected chi connectivity index (χ4v) is 2.05. The van der Waals surface area contributed by atoms with Crippen LogP contribution in [0.4, 0.5) is 0 Å². The van der Waals surface area contributed by atoms with Gasteiger partial charge in [0.2, 0.25) is 0 Å².